The number of ether oxygens (including phenoxy) is 1. The van der Waals surface area contributed by atoms with Crippen molar-refractivity contribution in [2.45, 2.75) is 25.3 Å². The van der Waals surface area contributed by atoms with Gasteiger partial charge in [0.2, 0.25) is 0 Å². The van der Waals surface area contributed by atoms with Gasteiger partial charge >= 0.3 is 0 Å². The Kier molecular flexibility index (Phi) is 6.84. The lowest BCUT2D eigenvalue weighted by atomic mass is 10.1. The van der Waals surface area contributed by atoms with Crippen molar-refractivity contribution >= 4 is 0 Å². The van der Waals surface area contributed by atoms with Gasteiger partial charge < -0.3 is 15.8 Å². The molecular formula is C12H24N4O. The van der Waals surface area contributed by atoms with Crippen molar-refractivity contribution in [1.82, 2.24) is 15.1 Å². The number of nitrogens with zero attached hydrogens (tertiary/aromatic N) is 2. The van der Waals surface area contributed by atoms with Crippen LogP contribution in [-0.2, 0) is 18.2 Å². The predicted octanol–water partition coefficient (Wildman–Crippen LogP) is 0.306. The molecule has 0 bridgehead atoms. The van der Waals surface area contributed by atoms with E-state index in [0.29, 0.717) is 6.04 Å². The molecule has 0 aliphatic carbocycles. The van der Waals surface area contributed by atoms with Gasteiger partial charge in [-0.15, -0.1) is 0 Å². The summed E-state index contributed by atoms with van der Waals surface area (Å²) in [5, 5.41) is 7.65. The number of nitrogens with two attached hydrogens (primary N) is 1. The average Bonchev–Trinajstić information content (AvgIpc) is 2.72. The summed E-state index contributed by atoms with van der Waals surface area (Å²) in [6.45, 7) is 2.42. The molecule has 5 nitrogen and oxygen atoms in total. The molecule has 1 heterocycles. The van der Waals surface area contributed by atoms with Crippen molar-refractivity contribution in [2.24, 2.45) is 12.8 Å². The second-order valence-corrected chi connectivity index (χ2v) is 4.23. The van der Waals surface area contributed by atoms with Crippen LogP contribution in [0.3, 0.4) is 0 Å². The van der Waals surface area contributed by atoms with Crippen molar-refractivity contribution in [3.63, 3.8) is 0 Å². The van der Waals surface area contributed by atoms with Gasteiger partial charge in [0, 0.05) is 45.1 Å². The van der Waals surface area contributed by atoms with Crippen molar-refractivity contribution in [3.8, 4) is 0 Å². The minimum atomic E-state index is 0.400. The Balaban J connectivity index is 2.24. The molecule has 1 atom stereocenters. The molecule has 0 saturated carbocycles. The van der Waals surface area contributed by atoms with Gasteiger partial charge in [-0.05, 0) is 25.5 Å². The molecule has 3 N–H and O–H groups in total. The van der Waals surface area contributed by atoms with Gasteiger partial charge in [-0.1, -0.05) is 0 Å². The molecule has 1 aromatic rings. The van der Waals surface area contributed by atoms with Gasteiger partial charge in [-0.25, -0.2) is 0 Å². The van der Waals surface area contributed by atoms with Crippen molar-refractivity contribution in [3.05, 3.63) is 18.0 Å². The molecule has 1 rings (SSSR count). The van der Waals surface area contributed by atoms with Crippen LogP contribution < -0.4 is 11.1 Å². The van der Waals surface area contributed by atoms with Crippen LogP contribution in [0.5, 0.6) is 0 Å². The van der Waals surface area contributed by atoms with Gasteiger partial charge in [0.15, 0.2) is 0 Å². The molecule has 0 spiro atoms. The highest BCUT2D eigenvalue weighted by Crippen LogP contribution is 1.99. The van der Waals surface area contributed by atoms with Crippen molar-refractivity contribution in [1.29, 1.82) is 0 Å². The van der Waals surface area contributed by atoms with E-state index in [9.17, 15) is 0 Å². The van der Waals surface area contributed by atoms with E-state index < -0.39 is 0 Å². The van der Waals surface area contributed by atoms with E-state index >= 15 is 0 Å². The second-order valence-electron chi connectivity index (χ2n) is 4.23. The Bertz CT molecular complexity index is 300. The maximum Gasteiger partial charge on any atom is 0.0615 e. The largest absolute Gasteiger partial charge is 0.383 e. The number of aromatic nitrogens is 2. The Labute approximate surface area is 103 Å². The van der Waals surface area contributed by atoms with Gasteiger partial charge in [0.05, 0.1) is 6.61 Å². The highest BCUT2D eigenvalue weighted by molar-refractivity contribution is 5.00. The summed E-state index contributed by atoms with van der Waals surface area (Å²) in [5.41, 5.74) is 6.76. The highest BCUT2D eigenvalue weighted by atomic mass is 16.5. The van der Waals surface area contributed by atoms with Crippen LogP contribution in [0.2, 0.25) is 0 Å². The first-order valence-electron chi connectivity index (χ1n) is 6.17. The number of methoxy groups -OCH3 is 1. The van der Waals surface area contributed by atoms with Gasteiger partial charge in [-0.2, -0.15) is 5.10 Å². The first-order chi connectivity index (χ1) is 8.27. The summed E-state index contributed by atoms with van der Waals surface area (Å²) < 4.78 is 7.10. The summed E-state index contributed by atoms with van der Waals surface area (Å²) in [7, 11) is 3.70. The fourth-order valence-electron chi connectivity index (χ4n) is 1.86. The van der Waals surface area contributed by atoms with Crippen LogP contribution >= 0.6 is 0 Å². The zero-order valence-electron chi connectivity index (χ0n) is 10.9. The number of rotatable bonds is 9. The van der Waals surface area contributed by atoms with E-state index in [1.165, 1.54) is 5.69 Å². The molecule has 98 valence electrons. The lowest BCUT2D eigenvalue weighted by Gasteiger charge is -2.17. The Morgan fingerprint density at radius 2 is 2.41 bits per heavy atom. The molecular weight excluding hydrogens is 216 g/mol. The fourth-order valence-corrected chi connectivity index (χ4v) is 1.86. The highest BCUT2D eigenvalue weighted by Gasteiger charge is 2.07. The number of hydrogen-bond donors (Lipinski definition) is 2. The molecule has 0 amide bonds. The Morgan fingerprint density at radius 1 is 1.59 bits per heavy atom. The maximum atomic E-state index is 5.52. The minimum absolute atomic E-state index is 0.400. The van der Waals surface area contributed by atoms with Crippen LogP contribution in [0.25, 0.3) is 0 Å². The molecule has 0 aromatic carbocycles. The lowest BCUT2D eigenvalue weighted by Crippen LogP contribution is -2.35. The summed E-state index contributed by atoms with van der Waals surface area (Å²) >= 11 is 0. The van der Waals surface area contributed by atoms with Crippen LogP contribution in [0.15, 0.2) is 12.3 Å². The van der Waals surface area contributed by atoms with Crippen LogP contribution in [-0.4, -0.2) is 42.6 Å². The third kappa shape index (κ3) is 5.30. The SMILES string of the molecule is COCC(CCCN)NCCc1ccnn1C. The Morgan fingerprint density at radius 3 is 3.00 bits per heavy atom. The fraction of sp³-hybridized carbons (Fsp3) is 0.750. The summed E-state index contributed by atoms with van der Waals surface area (Å²) in [6.07, 6.45) is 4.91. The first-order valence-corrected chi connectivity index (χ1v) is 6.17. The van der Waals surface area contributed by atoms with Gasteiger partial charge in [0.1, 0.15) is 0 Å². The minimum Gasteiger partial charge on any atom is -0.383 e. The van der Waals surface area contributed by atoms with Crippen molar-refractivity contribution < 1.29 is 4.74 Å². The smallest absolute Gasteiger partial charge is 0.0615 e. The molecule has 1 unspecified atom stereocenters. The lowest BCUT2D eigenvalue weighted by molar-refractivity contribution is 0.162. The average molecular weight is 240 g/mol. The van der Waals surface area contributed by atoms with E-state index in [1.807, 2.05) is 24.0 Å². The summed E-state index contributed by atoms with van der Waals surface area (Å²) in [4.78, 5) is 0. The van der Waals surface area contributed by atoms with Crippen LogP contribution in [0.1, 0.15) is 18.5 Å². The van der Waals surface area contributed by atoms with E-state index in [0.717, 1.165) is 39.0 Å². The second kappa shape index (κ2) is 8.22. The first kappa shape index (κ1) is 14.2. The monoisotopic (exact) mass is 240 g/mol. The van der Waals surface area contributed by atoms with Crippen LogP contribution in [0, 0.1) is 0 Å². The molecule has 5 heteroatoms. The topological polar surface area (TPSA) is 65.1 Å². The van der Waals surface area contributed by atoms with E-state index in [2.05, 4.69) is 10.4 Å². The van der Waals surface area contributed by atoms with Crippen LogP contribution in [0.4, 0.5) is 0 Å². The number of hydrogen-bond acceptors (Lipinski definition) is 4. The number of nitrogens with one attached hydrogen (secondary N) is 1. The molecule has 1 aromatic heterocycles. The molecule has 0 aliphatic heterocycles. The van der Waals surface area contributed by atoms with E-state index in [1.54, 1.807) is 7.11 Å². The third-order valence-corrected chi connectivity index (χ3v) is 2.86. The third-order valence-electron chi connectivity index (χ3n) is 2.86. The van der Waals surface area contributed by atoms with Crippen molar-refractivity contribution in [2.75, 3.05) is 26.8 Å². The molecule has 0 fully saturated rings. The standard InChI is InChI=1S/C12H24N4O/c1-16-12(6-9-15-16)5-8-14-11(10-17-2)4-3-7-13/h6,9,11,14H,3-5,7-8,10,13H2,1-2H3. The molecule has 0 saturated heterocycles. The maximum absolute atomic E-state index is 5.52. The molecule has 0 radical (unpaired) electrons. The molecule has 17 heavy (non-hydrogen) atoms. The normalized spacial score (nSPS) is 12.9. The van der Waals surface area contributed by atoms with Gasteiger partial charge in [-0.3, -0.25) is 4.68 Å². The van der Waals surface area contributed by atoms with E-state index in [4.69, 9.17) is 10.5 Å². The zero-order chi connectivity index (χ0) is 12.5. The quantitative estimate of drug-likeness (QED) is 0.652. The Hall–Kier alpha value is -0.910. The predicted molar refractivity (Wildman–Crippen MR) is 68.9 cm³/mol. The zero-order valence-corrected chi connectivity index (χ0v) is 10.9. The summed E-state index contributed by atoms with van der Waals surface area (Å²) in [5.74, 6) is 0. The van der Waals surface area contributed by atoms with Gasteiger partial charge in [0.25, 0.3) is 0 Å². The summed E-state index contributed by atoms with van der Waals surface area (Å²) in [6, 6.07) is 2.45. The number of aryl methyl sites for hydroxylation is 1. The van der Waals surface area contributed by atoms with E-state index in [-0.39, 0.29) is 0 Å². The molecule has 0 aliphatic rings.